The molecule has 0 amide bonds. The van der Waals surface area contributed by atoms with Gasteiger partial charge in [0.05, 0.1) is 5.56 Å². The van der Waals surface area contributed by atoms with Crippen molar-refractivity contribution in [2.45, 2.75) is 48.8 Å². The predicted octanol–water partition coefficient (Wildman–Crippen LogP) is 4.53. The summed E-state index contributed by atoms with van der Waals surface area (Å²) in [4.78, 5) is 16.5. The highest BCUT2D eigenvalue weighted by atomic mass is 32.2. The first-order valence-electron chi connectivity index (χ1n) is 8.56. The highest BCUT2D eigenvalue weighted by Gasteiger charge is 2.24. The molecule has 1 aliphatic carbocycles. The van der Waals surface area contributed by atoms with Gasteiger partial charge in [0.15, 0.2) is 0 Å². The summed E-state index contributed by atoms with van der Waals surface area (Å²) in [7, 11) is 0. The molecular formula is C20H20N2O2S. The van der Waals surface area contributed by atoms with Gasteiger partial charge in [-0.05, 0) is 42.9 Å². The molecule has 1 aliphatic rings. The molecule has 1 N–H and O–H groups in total. The van der Waals surface area contributed by atoms with E-state index in [1.165, 1.54) is 12.8 Å². The minimum Gasteiger partial charge on any atom is -0.480 e. The maximum Gasteiger partial charge on any atom is 0.321 e. The van der Waals surface area contributed by atoms with E-state index in [-0.39, 0.29) is 0 Å². The van der Waals surface area contributed by atoms with Crippen molar-refractivity contribution < 1.29 is 9.90 Å². The van der Waals surface area contributed by atoms with Gasteiger partial charge in [0, 0.05) is 5.69 Å². The van der Waals surface area contributed by atoms with E-state index in [4.69, 9.17) is 4.98 Å². The molecule has 0 saturated carbocycles. The minimum absolute atomic E-state index is 0.478. The van der Waals surface area contributed by atoms with Crippen LogP contribution in [-0.2, 0) is 17.6 Å². The number of nitrogens with zero attached hydrogens (tertiary/aromatic N) is 2. The summed E-state index contributed by atoms with van der Waals surface area (Å²) < 4.78 is 0. The number of hydrogen-bond acceptors (Lipinski definition) is 4. The van der Waals surface area contributed by atoms with Crippen molar-refractivity contribution in [3.05, 3.63) is 58.8 Å². The van der Waals surface area contributed by atoms with Gasteiger partial charge in [-0.3, -0.25) is 4.79 Å². The van der Waals surface area contributed by atoms with Gasteiger partial charge in [0.25, 0.3) is 0 Å². The van der Waals surface area contributed by atoms with Crippen LogP contribution in [0.1, 0.15) is 53.3 Å². The second-order valence-electron chi connectivity index (χ2n) is 6.22. The number of aliphatic carboxylic acids is 1. The van der Waals surface area contributed by atoms with Gasteiger partial charge in [0.1, 0.15) is 16.3 Å². The SMILES string of the molecule is N#Cc1cc2c(nc1SC(C(=O)O)c1ccccc1)CCCCCC2. The Balaban J connectivity index is 1.96. The van der Waals surface area contributed by atoms with Crippen LogP contribution in [0.5, 0.6) is 0 Å². The smallest absolute Gasteiger partial charge is 0.321 e. The first-order valence-corrected chi connectivity index (χ1v) is 9.44. The van der Waals surface area contributed by atoms with Gasteiger partial charge in [-0.1, -0.05) is 54.9 Å². The second kappa shape index (κ2) is 8.17. The highest BCUT2D eigenvalue weighted by molar-refractivity contribution is 8.00. The number of thioether (sulfide) groups is 1. The van der Waals surface area contributed by atoms with Crippen LogP contribution in [0.15, 0.2) is 41.4 Å². The number of aromatic nitrogens is 1. The van der Waals surface area contributed by atoms with E-state index in [1.807, 2.05) is 24.3 Å². The molecule has 5 heteroatoms. The monoisotopic (exact) mass is 352 g/mol. The standard InChI is InChI=1S/C20H20N2O2S/c21-13-16-12-15-10-4-1-2-7-11-17(15)22-19(16)25-18(20(23)24)14-8-5-3-6-9-14/h3,5-6,8-9,12,18H,1-2,4,7,10-11H2,(H,23,24). The predicted molar refractivity (Wildman–Crippen MR) is 97.5 cm³/mol. The summed E-state index contributed by atoms with van der Waals surface area (Å²) in [5.41, 5.74) is 3.36. The topological polar surface area (TPSA) is 74.0 Å². The quantitative estimate of drug-likeness (QED) is 0.818. The number of hydrogen-bond donors (Lipinski definition) is 1. The summed E-state index contributed by atoms with van der Waals surface area (Å²) in [5.74, 6) is -0.923. The molecule has 1 heterocycles. The Kier molecular flexibility index (Phi) is 5.72. The molecule has 0 spiro atoms. The number of carboxylic acid groups (broad SMARTS) is 1. The van der Waals surface area contributed by atoms with E-state index in [0.29, 0.717) is 16.2 Å². The van der Waals surface area contributed by atoms with E-state index in [1.54, 1.807) is 12.1 Å². The average Bonchev–Trinajstić information content (AvgIpc) is 2.61. The summed E-state index contributed by atoms with van der Waals surface area (Å²) in [6.07, 6.45) is 6.48. The van der Waals surface area contributed by atoms with Crippen LogP contribution in [0.2, 0.25) is 0 Å². The van der Waals surface area contributed by atoms with Crippen molar-refractivity contribution in [2.75, 3.05) is 0 Å². The number of aryl methyl sites for hydroxylation is 2. The van der Waals surface area contributed by atoms with Gasteiger partial charge in [-0.25, -0.2) is 4.98 Å². The van der Waals surface area contributed by atoms with Crippen LogP contribution >= 0.6 is 11.8 Å². The Bertz CT molecular complexity index is 799. The number of benzene rings is 1. The molecule has 1 aromatic heterocycles. The molecule has 1 aromatic carbocycles. The number of rotatable bonds is 4. The molecule has 4 nitrogen and oxygen atoms in total. The van der Waals surface area contributed by atoms with Crippen molar-refractivity contribution in [1.82, 2.24) is 4.98 Å². The molecular weight excluding hydrogens is 332 g/mol. The third-order valence-corrected chi connectivity index (χ3v) is 5.69. The fraction of sp³-hybridized carbons (Fsp3) is 0.350. The first-order chi connectivity index (χ1) is 12.2. The van der Waals surface area contributed by atoms with Crippen molar-refractivity contribution in [1.29, 1.82) is 5.26 Å². The lowest BCUT2D eigenvalue weighted by Gasteiger charge is -2.17. The van der Waals surface area contributed by atoms with Crippen molar-refractivity contribution in [2.24, 2.45) is 0 Å². The number of fused-ring (bicyclic) bond motifs is 1. The van der Waals surface area contributed by atoms with Crippen molar-refractivity contribution >= 4 is 17.7 Å². The summed E-state index contributed by atoms with van der Waals surface area (Å²) in [6, 6.07) is 13.2. The molecule has 1 atom stereocenters. The maximum absolute atomic E-state index is 11.8. The summed E-state index contributed by atoms with van der Waals surface area (Å²) >= 11 is 1.15. The molecule has 0 bridgehead atoms. The molecule has 0 saturated heterocycles. The zero-order valence-corrected chi connectivity index (χ0v) is 14.8. The van der Waals surface area contributed by atoms with Crippen LogP contribution in [0.25, 0.3) is 0 Å². The van der Waals surface area contributed by atoms with Gasteiger partial charge in [-0.2, -0.15) is 5.26 Å². The van der Waals surface area contributed by atoms with Crippen LogP contribution in [0.3, 0.4) is 0 Å². The lowest BCUT2D eigenvalue weighted by atomic mass is 9.96. The lowest BCUT2D eigenvalue weighted by molar-refractivity contribution is -0.136. The van der Waals surface area contributed by atoms with E-state index < -0.39 is 11.2 Å². The fourth-order valence-electron chi connectivity index (χ4n) is 3.14. The normalized spacial score (nSPS) is 15.3. The molecule has 1 unspecified atom stereocenters. The third kappa shape index (κ3) is 4.21. The Morgan fingerprint density at radius 3 is 2.56 bits per heavy atom. The molecule has 0 aliphatic heterocycles. The zero-order valence-electron chi connectivity index (χ0n) is 13.9. The van der Waals surface area contributed by atoms with Gasteiger partial charge in [-0.15, -0.1) is 0 Å². The van der Waals surface area contributed by atoms with Crippen LogP contribution in [-0.4, -0.2) is 16.1 Å². The van der Waals surface area contributed by atoms with Crippen LogP contribution in [0, 0.1) is 11.3 Å². The Labute approximate surface area is 151 Å². The molecule has 0 radical (unpaired) electrons. The molecule has 3 rings (SSSR count). The van der Waals surface area contributed by atoms with Crippen LogP contribution < -0.4 is 0 Å². The first kappa shape index (κ1) is 17.5. The largest absolute Gasteiger partial charge is 0.480 e. The Morgan fingerprint density at radius 1 is 1.16 bits per heavy atom. The van der Waals surface area contributed by atoms with E-state index in [0.717, 1.165) is 48.7 Å². The van der Waals surface area contributed by atoms with Gasteiger partial charge < -0.3 is 5.11 Å². The number of pyridine rings is 1. The fourth-order valence-corrected chi connectivity index (χ4v) is 4.15. The average molecular weight is 352 g/mol. The summed E-state index contributed by atoms with van der Waals surface area (Å²) in [5, 5.41) is 18.9. The molecule has 2 aromatic rings. The highest BCUT2D eigenvalue weighted by Crippen LogP contribution is 2.37. The van der Waals surface area contributed by atoms with Crippen molar-refractivity contribution in [3.63, 3.8) is 0 Å². The number of carboxylic acids is 1. The molecule has 128 valence electrons. The van der Waals surface area contributed by atoms with E-state index >= 15 is 0 Å². The minimum atomic E-state index is -0.923. The molecule has 25 heavy (non-hydrogen) atoms. The maximum atomic E-state index is 11.8. The lowest BCUT2D eigenvalue weighted by Crippen LogP contribution is -2.10. The number of nitriles is 1. The van der Waals surface area contributed by atoms with Gasteiger partial charge >= 0.3 is 5.97 Å². The Hall–Kier alpha value is -2.32. The van der Waals surface area contributed by atoms with E-state index in [9.17, 15) is 15.2 Å². The van der Waals surface area contributed by atoms with E-state index in [2.05, 4.69) is 6.07 Å². The summed E-state index contributed by atoms with van der Waals surface area (Å²) in [6.45, 7) is 0. The zero-order chi connectivity index (χ0) is 17.6. The number of carbonyl (C=O) groups is 1. The van der Waals surface area contributed by atoms with Gasteiger partial charge in [0.2, 0.25) is 0 Å². The second-order valence-corrected chi connectivity index (χ2v) is 7.31. The third-order valence-electron chi connectivity index (χ3n) is 4.44. The Morgan fingerprint density at radius 2 is 1.88 bits per heavy atom. The van der Waals surface area contributed by atoms with Crippen LogP contribution in [0.4, 0.5) is 0 Å². The van der Waals surface area contributed by atoms with Crippen molar-refractivity contribution in [3.8, 4) is 6.07 Å². The molecule has 0 fully saturated rings.